The number of anilines is 1. The topological polar surface area (TPSA) is 162 Å². The van der Waals surface area contributed by atoms with E-state index in [1.807, 2.05) is 0 Å². The van der Waals surface area contributed by atoms with Crippen LogP contribution in [-0.2, 0) is 0 Å². The van der Waals surface area contributed by atoms with Crippen molar-refractivity contribution in [2.45, 2.75) is 13.8 Å². The lowest BCUT2D eigenvalue weighted by Crippen LogP contribution is -2.30. The molecule has 1 amide bonds. The first-order chi connectivity index (χ1) is 15.2. The van der Waals surface area contributed by atoms with Crippen molar-refractivity contribution < 1.29 is 19.4 Å². The van der Waals surface area contributed by atoms with Crippen LogP contribution >= 0.6 is 11.6 Å². The summed E-state index contributed by atoms with van der Waals surface area (Å²) in [6.07, 6.45) is 1.03. The van der Waals surface area contributed by atoms with Gasteiger partial charge in [0.05, 0.1) is 9.85 Å². The second kappa shape index (κ2) is 9.22. The average Bonchev–Trinajstić information content (AvgIpc) is 2.75. The van der Waals surface area contributed by atoms with Crippen molar-refractivity contribution in [1.29, 1.82) is 0 Å². The maximum absolute atomic E-state index is 12.3. The first-order valence-corrected chi connectivity index (χ1v) is 9.30. The van der Waals surface area contributed by atoms with Crippen LogP contribution in [0.4, 0.5) is 17.2 Å². The molecule has 2 N–H and O–H groups in total. The van der Waals surface area contributed by atoms with E-state index >= 15 is 0 Å². The molecule has 0 bridgehead atoms. The normalized spacial score (nSPS) is 10.3. The number of amides is 1. The molecule has 13 heteroatoms. The van der Waals surface area contributed by atoms with Gasteiger partial charge in [0, 0.05) is 22.7 Å². The zero-order chi connectivity index (χ0) is 23.4. The van der Waals surface area contributed by atoms with Gasteiger partial charge in [-0.2, -0.15) is 4.98 Å². The fourth-order valence-corrected chi connectivity index (χ4v) is 2.80. The van der Waals surface area contributed by atoms with Crippen LogP contribution in [0.5, 0.6) is 11.6 Å². The minimum absolute atomic E-state index is 0.0865. The van der Waals surface area contributed by atoms with Gasteiger partial charge in [-0.15, -0.1) is 0 Å². The largest absolute Gasteiger partial charge is 0.434 e. The molecule has 0 aliphatic rings. The summed E-state index contributed by atoms with van der Waals surface area (Å²) in [5.41, 5.74) is 5.33. The summed E-state index contributed by atoms with van der Waals surface area (Å²) in [5, 5.41) is 22.9. The van der Waals surface area contributed by atoms with E-state index in [0.717, 1.165) is 18.5 Å². The summed E-state index contributed by atoms with van der Waals surface area (Å²) >= 11 is 6.13. The second-order valence-corrected chi connectivity index (χ2v) is 6.87. The Labute approximate surface area is 185 Å². The number of aromatic nitrogens is 2. The molecule has 0 fully saturated rings. The number of carbonyl (C=O) groups is 1. The van der Waals surface area contributed by atoms with Gasteiger partial charge in [0.25, 0.3) is 11.6 Å². The Morgan fingerprint density at radius 2 is 1.66 bits per heavy atom. The smallest absolute Gasteiger partial charge is 0.374 e. The van der Waals surface area contributed by atoms with Crippen LogP contribution in [0.1, 0.15) is 21.5 Å². The van der Waals surface area contributed by atoms with Crippen molar-refractivity contribution in [2.24, 2.45) is 0 Å². The van der Waals surface area contributed by atoms with Crippen molar-refractivity contribution in [3.63, 3.8) is 0 Å². The van der Waals surface area contributed by atoms with Crippen LogP contribution in [0.2, 0.25) is 5.02 Å². The van der Waals surface area contributed by atoms with E-state index in [4.69, 9.17) is 16.3 Å². The maximum Gasteiger partial charge on any atom is 0.374 e. The number of carbonyl (C=O) groups excluding carboxylic acids is 1. The van der Waals surface area contributed by atoms with E-state index in [1.165, 1.54) is 12.1 Å². The van der Waals surface area contributed by atoms with Gasteiger partial charge >= 0.3 is 11.6 Å². The molecule has 0 saturated heterocycles. The lowest BCUT2D eigenvalue weighted by Gasteiger charge is -2.11. The SMILES string of the molecule is Cc1cc(Oc2ncnc(NNC(=O)c3ccc([N+](=O)[O-])cc3)c2[N+](=O)[O-])cc(C)c1Cl. The third-order valence-corrected chi connectivity index (χ3v) is 4.83. The first kappa shape index (κ1) is 22.4. The van der Waals surface area contributed by atoms with Gasteiger partial charge in [0.1, 0.15) is 12.1 Å². The second-order valence-electron chi connectivity index (χ2n) is 6.49. The molecule has 32 heavy (non-hydrogen) atoms. The molecular formula is C19H15ClN6O6. The Morgan fingerprint density at radius 1 is 1.03 bits per heavy atom. The standard InChI is InChI=1S/C19H15ClN6O6/c1-10-7-14(8-11(2)15(10)20)32-19-16(26(30)31)17(21-9-22-19)23-24-18(27)12-3-5-13(6-4-12)25(28)29/h3-9H,1-2H3,(H,24,27)(H,21,22,23). The number of ether oxygens (including phenoxy) is 1. The Hall–Kier alpha value is -4.32. The predicted molar refractivity (Wildman–Crippen MR) is 114 cm³/mol. The van der Waals surface area contributed by atoms with E-state index in [0.29, 0.717) is 16.1 Å². The number of hydrogen-bond donors (Lipinski definition) is 2. The highest BCUT2D eigenvalue weighted by atomic mass is 35.5. The highest BCUT2D eigenvalue weighted by Gasteiger charge is 2.26. The van der Waals surface area contributed by atoms with E-state index in [2.05, 4.69) is 20.8 Å². The summed E-state index contributed by atoms with van der Waals surface area (Å²) in [7, 11) is 0. The fourth-order valence-electron chi connectivity index (χ4n) is 2.69. The fraction of sp³-hybridized carbons (Fsp3) is 0.105. The lowest BCUT2D eigenvalue weighted by atomic mass is 10.1. The van der Waals surface area contributed by atoms with Crippen molar-refractivity contribution >= 4 is 34.7 Å². The monoisotopic (exact) mass is 458 g/mol. The quantitative estimate of drug-likeness (QED) is 0.391. The predicted octanol–water partition coefficient (Wildman–Crippen LogP) is 4.11. The number of nitro groups is 2. The summed E-state index contributed by atoms with van der Waals surface area (Å²) in [5.74, 6) is -1.08. The number of hydrazine groups is 1. The van der Waals surface area contributed by atoms with Gasteiger partial charge < -0.3 is 4.74 Å². The van der Waals surface area contributed by atoms with Gasteiger partial charge in [0.2, 0.25) is 5.82 Å². The van der Waals surface area contributed by atoms with E-state index in [-0.39, 0.29) is 28.7 Å². The van der Waals surface area contributed by atoms with E-state index < -0.39 is 21.4 Å². The van der Waals surface area contributed by atoms with Crippen molar-refractivity contribution in [3.05, 3.63) is 84.7 Å². The van der Waals surface area contributed by atoms with Crippen LogP contribution in [0.3, 0.4) is 0 Å². The lowest BCUT2D eigenvalue weighted by molar-refractivity contribution is -0.385. The van der Waals surface area contributed by atoms with Gasteiger partial charge in [-0.1, -0.05) is 11.6 Å². The number of hydrogen-bond acceptors (Lipinski definition) is 9. The Kier molecular flexibility index (Phi) is 6.45. The van der Waals surface area contributed by atoms with Crippen molar-refractivity contribution in [2.75, 3.05) is 5.43 Å². The van der Waals surface area contributed by atoms with Crippen LogP contribution < -0.4 is 15.6 Å². The summed E-state index contributed by atoms with van der Waals surface area (Å²) in [4.78, 5) is 40.9. The molecule has 1 aromatic heterocycles. The first-order valence-electron chi connectivity index (χ1n) is 8.92. The molecule has 12 nitrogen and oxygen atoms in total. The molecule has 1 heterocycles. The van der Waals surface area contributed by atoms with Crippen LogP contribution in [0.25, 0.3) is 0 Å². The van der Waals surface area contributed by atoms with Crippen LogP contribution in [0.15, 0.2) is 42.7 Å². The molecule has 2 aromatic carbocycles. The summed E-state index contributed by atoms with van der Waals surface area (Å²) < 4.78 is 5.59. The Balaban J connectivity index is 1.82. The van der Waals surface area contributed by atoms with Crippen LogP contribution in [0, 0.1) is 34.1 Å². The van der Waals surface area contributed by atoms with Gasteiger partial charge in [0.15, 0.2) is 0 Å². The van der Waals surface area contributed by atoms with Gasteiger partial charge in [-0.25, -0.2) is 4.98 Å². The molecule has 0 atom stereocenters. The number of halogens is 1. The molecule has 164 valence electrons. The Morgan fingerprint density at radius 3 is 2.22 bits per heavy atom. The Bertz CT molecular complexity index is 1190. The zero-order valence-electron chi connectivity index (χ0n) is 16.7. The zero-order valence-corrected chi connectivity index (χ0v) is 17.4. The van der Waals surface area contributed by atoms with Crippen molar-refractivity contribution in [3.8, 4) is 11.6 Å². The minimum atomic E-state index is -0.759. The van der Waals surface area contributed by atoms with Crippen LogP contribution in [-0.4, -0.2) is 25.7 Å². The number of non-ortho nitro benzene ring substituents is 1. The summed E-state index contributed by atoms with van der Waals surface area (Å²) in [6, 6.07) is 8.00. The highest BCUT2D eigenvalue weighted by molar-refractivity contribution is 6.32. The molecule has 0 radical (unpaired) electrons. The number of nitrogens with zero attached hydrogens (tertiary/aromatic N) is 4. The molecule has 0 spiro atoms. The van der Waals surface area contributed by atoms with Crippen molar-refractivity contribution in [1.82, 2.24) is 15.4 Å². The molecule has 0 saturated carbocycles. The number of aryl methyl sites for hydroxylation is 2. The van der Waals surface area contributed by atoms with Gasteiger partial charge in [-0.3, -0.25) is 35.9 Å². The highest BCUT2D eigenvalue weighted by Crippen LogP contribution is 2.35. The molecule has 0 aliphatic heterocycles. The average molecular weight is 459 g/mol. The minimum Gasteiger partial charge on any atom is -0.434 e. The molecule has 0 unspecified atom stereocenters. The third kappa shape index (κ3) is 4.87. The molecule has 3 aromatic rings. The van der Waals surface area contributed by atoms with Gasteiger partial charge in [-0.05, 0) is 49.2 Å². The number of benzene rings is 2. The molecular weight excluding hydrogens is 444 g/mol. The summed E-state index contributed by atoms with van der Waals surface area (Å²) in [6.45, 7) is 3.52. The van der Waals surface area contributed by atoms with E-state index in [1.54, 1.807) is 26.0 Å². The number of rotatable bonds is 7. The number of nitrogens with one attached hydrogen (secondary N) is 2. The molecule has 3 rings (SSSR count). The van der Waals surface area contributed by atoms with E-state index in [9.17, 15) is 25.0 Å². The third-order valence-electron chi connectivity index (χ3n) is 4.23. The molecule has 0 aliphatic carbocycles. The maximum atomic E-state index is 12.3. The number of nitro benzene ring substituents is 1.